The summed E-state index contributed by atoms with van der Waals surface area (Å²) in [6.45, 7) is 4.58. The van der Waals surface area contributed by atoms with E-state index in [1.165, 1.54) is 108 Å². The van der Waals surface area contributed by atoms with Gasteiger partial charge in [0.1, 0.15) is 5.82 Å². The van der Waals surface area contributed by atoms with Crippen LogP contribution in [0.4, 0.5) is 4.39 Å². The molecule has 2 aliphatic carbocycles. The van der Waals surface area contributed by atoms with Crippen molar-refractivity contribution in [3.63, 3.8) is 0 Å². The maximum atomic E-state index is 14.8. The molecule has 2 fully saturated rings. The summed E-state index contributed by atoms with van der Waals surface area (Å²) in [5.41, 5.74) is 2.22. The number of hydrogen-bond acceptors (Lipinski definition) is 0. The van der Waals surface area contributed by atoms with Gasteiger partial charge in [0, 0.05) is 0 Å². The van der Waals surface area contributed by atoms with Crippen molar-refractivity contribution in [2.24, 2.45) is 17.8 Å². The van der Waals surface area contributed by atoms with Gasteiger partial charge in [-0.2, -0.15) is 0 Å². The molecule has 3 rings (SSSR count). The molecule has 1 aromatic rings. The molecular weight excluding hydrogens is 367 g/mol. The highest BCUT2D eigenvalue weighted by atomic mass is 19.1. The minimum Gasteiger partial charge on any atom is -0.207 e. The summed E-state index contributed by atoms with van der Waals surface area (Å²) in [5.74, 6) is 3.38. The van der Waals surface area contributed by atoms with Crippen LogP contribution in [0.1, 0.15) is 134 Å². The van der Waals surface area contributed by atoms with E-state index < -0.39 is 0 Å². The summed E-state index contributed by atoms with van der Waals surface area (Å²) < 4.78 is 14.8. The molecule has 0 amide bonds. The third-order valence-electron chi connectivity index (χ3n) is 8.37. The van der Waals surface area contributed by atoms with Gasteiger partial charge in [-0.25, -0.2) is 4.39 Å². The molecule has 0 heterocycles. The fourth-order valence-corrected chi connectivity index (χ4v) is 6.15. The molecule has 0 aromatic heterocycles. The van der Waals surface area contributed by atoms with Gasteiger partial charge in [0.15, 0.2) is 0 Å². The van der Waals surface area contributed by atoms with Crippen LogP contribution in [0.3, 0.4) is 0 Å². The van der Waals surface area contributed by atoms with Crippen LogP contribution in [0.5, 0.6) is 0 Å². The number of unbranched alkanes of at least 4 members (excludes halogenated alkanes) is 3. The molecule has 1 aromatic carbocycles. The monoisotopic (exact) mass is 414 g/mol. The second-order valence-corrected chi connectivity index (χ2v) is 10.6. The van der Waals surface area contributed by atoms with E-state index in [0.717, 1.165) is 29.7 Å². The second kappa shape index (κ2) is 12.9. The Morgan fingerprint density at radius 2 is 1.27 bits per heavy atom. The maximum Gasteiger partial charge on any atom is 0.126 e. The van der Waals surface area contributed by atoms with Gasteiger partial charge in [-0.1, -0.05) is 96.6 Å². The van der Waals surface area contributed by atoms with E-state index >= 15 is 0 Å². The minimum atomic E-state index is 0.0641. The van der Waals surface area contributed by atoms with Crippen molar-refractivity contribution >= 4 is 0 Å². The Bertz CT molecular complexity index is 590. The van der Waals surface area contributed by atoms with Gasteiger partial charge in [-0.3, -0.25) is 0 Å². The van der Waals surface area contributed by atoms with Crippen molar-refractivity contribution in [2.75, 3.05) is 0 Å². The lowest BCUT2D eigenvalue weighted by Crippen LogP contribution is -2.15. The van der Waals surface area contributed by atoms with Gasteiger partial charge in [0.2, 0.25) is 0 Å². The molecule has 0 atom stereocenters. The molecule has 0 aliphatic heterocycles. The average Bonchev–Trinajstić information content (AvgIpc) is 2.78. The van der Waals surface area contributed by atoms with Crippen LogP contribution in [-0.4, -0.2) is 0 Å². The SMILES string of the molecule is CCCCCC1CCC(c2ccc(CCC3CCC(CCCC)CC3)c(F)c2)CC1. The first-order valence-corrected chi connectivity index (χ1v) is 13.5. The number of halogens is 1. The third kappa shape index (κ3) is 7.38. The average molecular weight is 415 g/mol. The van der Waals surface area contributed by atoms with Gasteiger partial charge in [0.25, 0.3) is 0 Å². The highest BCUT2D eigenvalue weighted by Gasteiger charge is 2.24. The van der Waals surface area contributed by atoms with Crippen LogP contribution in [0.2, 0.25) is 0 Å². The normalized spacial score (nSPS) is 27.3. The van der Waals surface area contributed by atoms with Crippen molar-refractivity contribution in [2.45, 2.75) is 129 Å². The molecule has 30 heavy (non-hydrogen) atoms. The highest BCUT2D eigenvalue weighted by molar-refractivity contribution is 5.27. The Kier molecular flexibility index (Phi) is 10.2. The summed E-state index contributed by atoms with van der Waals surface area (Å²) in [4.78, 5) is 0. The lowest BCUT2D eigenvalue weighted by Gasteiger charge is -2.29. The van der Waals surface area contributed by atoms with E-state index in [1.807, 2.05) is 6.07 Å². The Hall–Kier alpha value is -0.850. The zero-order valence-corrected chi connectivity index (χ0v) is 19.9. The number of benzene rings is 1. The lowest BCUT2D eigenvalue weighted by atomic mass is 9.76. The summed E-state index contributed by atoms with van der Waals surface area (Å²) in [6.07, 6.45) is 22.6. The molecule has 1 heteroatoms. The predicted octanol–water partition coefficient (Wildman–Crippen LogP) is 9.61. The van der Waals surface area contributed by atoms with E-state index in [1.54, 1.807) is 0 Å². The predicted molar refractivity (Wildman–Crippen MR) is 129 cm³/mol. The maximum absolute atomic E-state index is 14.8. The molecule has 0 nitrogen and oxygen atoms in total. The smallest absolute Gasteiger partial charge is 0.126 e. The molecule has 0 N–H and O–H groups in total. The molecule has 0 radical (unpaired) electrons. The molecule has 0 spiro atoms. The Morgan fingerprint density at radius 1 is 0.700 bits per heavy atom. The summed E-state index contributed by atoms with van der Waals surface area (Å²) >= 11 is 0. The molecule has 2 saturated carbocycles. The van der Waals surface area contributed by atoms with Gasteiger partial charge < -0.3 is 0 Å². The van der Waals surface area contributed by atoms with Crippen LogP contribution in [-0.2, 0) is 6.42 Å². The van der Waals surface area contributed by atoms with Gasteiger partial charge in [0.05, 0.1) is 0 Å². The third-order valence-corrected chi connectivity index (χ3v) is 8.37. The topological polar surface area (TPSA) is 0 Å². The van der Waals surface area contributed by atoms with Crippen LogP contribution in [0.15, 0.2) is 18.2 Å². The Balaban J connectivity index is 1.40. The standard InChI is InChI=1S/C29H47F/c1-3-5-7-9-24-14-17-26(18-15-24)28-21-20-27(29(30)22-28)19-16-25-12-10-23(11-13-25)8-6-4-2/h20-26H,3-19H2,1-2H3. The van der Waals surface area contributed by atoms with Crippen LogP contribution >= 0.6 is 0 Å². The van der Waals surface area contributed by atoms with Crippen molar-refractivity contribution in [1.82, 2.24) is 0 Å². The number of hydrogen-bond donors (Lipinski definition) is 0. The number of aryl methyl sites for hydroxylation is 1. The van der Waals surface area contributed by atoms with Gasteiger partial charge in [-0.15, -0.1) is 0 Å². The lowest BCUT2D eigenvalue weighted by molar-refractivity contribution is 0.249. The molecule has 0 bridgehead atoms. The molecule has 170 valence electrons. The molecule has 2 aliphatic rings. The van der Waals surface area contributed by atoms with E-state index in [2.05, 4.69) is 26.0 Å². The summed E-state index contributed by atoms with van der Waals surface area (Å²) in [6, 6.07) is 6.26. The molecular formula is C29H47F. The first-order valence-electron chi connectivity index (χ1n) is 13.5. The first-order chi connectivity index (χ1) is 14.7. The van der Waals surface area contributed by atoms with Crippen LogP contribution < -0.4 is 0 Å². The summed E-state index contributed by atoms with van der Waals surface area (Å²) in [7, 11) is 0. The van der Waals surface area contributed by atoms with Crippen molar-refractivity contribution < 1.29 is 4.39 Å². The van der Waals surface area contributed by atoms with Gasteiger partial charge in [-0.05, 0) is 79.4 Å². The van der Waals surface area contributed by atoms with Crippen molar-refractivity contribution in [3.05, 3.63) is 35.1 Å². The molecule has 0 saturated heterocycles. The van der Waals surface area contributed by atoms with Crippen LogP contribution in [0.25, 0.3) is 0 Å². The number of rotatable bonds is 11. The summed E-state index contributed by atoms with van der Waals surface area (Å²) in [5, 5.41) is 0. The zero-order valence-electron chi connectivity index (χ0n) is 19.9. The largest absolute Gasteiger partial charge is 0.207 e. The van der Waals surface area contributed by atoms with Crippen molar-refractivity contribution in [1.29, 1.82) is 0 Å². The highest BCUT2D eigenvalue weighted by Crippen LogP contribution is 2.38. The van der Waals surface area contributed by atoms with Crippen LogP contribution in [0, 0.1) is 23.6 Å². The van der Waals surface area contributed by atoms with E-state index in [0.29, 0.717) is 5.92 Å². The quantitative estimate of drug-likeness (QED) is 0.316. The second-order valence-electron chi connectivity index (χ2n) is 10.6. The van der Waals surface area contributed by atoms with E-state index in [9.17, 15) is 4.39 Å². The zero-order chi connectivity index (χ0) is 21.2. The Morgan fingerprint density at radius 3 is 1.87 bits per heavy atom. The van der Waals surface area contributed by atoms with Crippen molar-refractivity contribution in [3.8, 4) is 0 Å². The Labute approximate surface area is 186 Å². The molecule has 0 unspecified atom stereocenters. The van der Waals surface area contributed by atoms with E-state index in [4.69, 9.17) is 0 Å². The minimum absolute atomic E-state index is 0.0641. The fraction of sp³-hybridized carbons (Fsp3) is 0.793. The first kappa shape index (κ1) is 23.8. The van der Waals surface area contributed by atoms with Gasteiger partial charge >= 0.3 is 0 Å². The fourth-order valence-electron chi connectivity index (χ4n) is 6.15. The van der Waals surface area contributed by atoms with E-state index in [-0.39, 0.29) is 5.82 Å².